The van der Waals surface area contributed by atoms with Gasteiger partial charge in [-0.3, -0.25) is 9.59 Å². The Morgan fingerprint density at radius 3 is 2.40 bits per heavy atom. The molecule has 1 N–H and O–H groups in total. The Balaban J connectivity index is 1.51. The lowest BCUT2D eigenvalue weighted by Gasteiger charge is -2.32. The zero-order valence-electron chi connectivity index (χ0n) is 21.5. The van der Waals surface area contributed by atoms with E-state index in [-0.39, 0.29) is 41.2 Å². The fraction of sp³-hybridized carbons (Fsp3) is 0.407. The zero-order valence-corrected chi connectivity index (χ0v) is 21.5. The summed E-state index contributed by atoms with van der Waals surface area (Å²) in [6.07, 6.45) is -10.4. The van der Waals surface area contributed by atoms with Crippen molar-refractivity contribution in [2.24, 2.45) is 0 Å². The first-order chi connectivity index (χ1) is 18.7. The molecule has 0 radical (unpaired) electrons. The number of hydrogen-bond donors (Lipinski definition) is 1. The summed E-state index contributed by atoms with van der Waals surface area (Å²) in [6.45, 7) is 1.51. The van der Waals surface area contributed by atoms with E-state index in [1.54, 1.807) is 24.4 Å². The van der Waals surface area contributed by atoms with Crippen molar-refractivity contribution in [3.05, 3.63) is 70.7 Å². The number of piperidine rings is 1. The first-order valence-corrected chi connectivity index (χ1v) is 12.3. The molecule has 1 aliphatic rings. The van der Waals surface area contributed by atoms with Gasteiger partial charge in [-0.05, 0) is 48.4 Å². The third-order valence-electron chi connectivity index (χ3n) is 7.07. The quantitative estimate of drug-likeness (QED) is 0.353. The smallest absolute Gasteiger partial charge is 0.344 e. The molecule has 216 valence electrons. The number of alkyl halides is 6. The molecule has 3 aromatic rings. The molecule has 2 amide bonds. The Labute approximate surface area is 224 Å². The second-order valence-corrected chi connectivity index (χ2v) is 9.63. The summed E-state index contributed by atoms with van der Waals surface area (Å²) in [7, 11) is 0.679. The van der Waals surface area contributed by atoms with Crippen molar-refractivity contribution in [1.82, 2.24) is 14.8 Å². The molecule has 2 heterocycles. The minimum absolute atomic E-state index is 0.0280. The number of hydrogen-bond acceptors (Lipinski definition) is 3. The van der Waals surface area contributed by atoms with Crippen LogP contribution in [0, 0.1) is 12.7 Å². The summed E-state index contributed by atoms with van der Waals surface area (Å²) in [6, 6.07) is 8.54. The summed E-state index contributed by atoms with van der Waals surface area (Å²) in [4.78, 5) is 26.0. The van der Waals surface area contributed by atoms with E-state index < -0.39 is 42.8 Å². The van der Waals surface area contributed by atoms with Gasteiger partial charge in [0.25, 0.3) is 12.2 Å². The maximum Gasteiger partial charge on any atom is 0.471 e. The monoisotopic (exact) mass is 573 g/mol. The normalized spacial score (nSPS) is 15.9. The number of amides is 2. The predicted octanol–water partition coefficient (Wildman–Crippen LogP) is 5.99. The number of nitrogens with one attached hydrogen (secondary N) is 1. The second-order valence-electron chi connectivity index (χ2n) is 9.63. The minimum atomic E-state index is -5.04. The van der Waals surface area contributed by atoms with Crippen LogP contribution in [-0.4, -0.2) is 53.8 Å². The fourth-order valence-corrected chi connectivity index (χ4v) is 4.96. The van der Waals surface area contributed by atoms with Gasteiger partial charge in [-0.1, -0.05) is 30.3 Å². The van der Waals surface area contributed by atoms with E-state index in [0.29, 0.717) is 35.5 Å². The topological polar surface area (TPSA) is 63.6 Å². The van der Waals surface area contributed by atoms with Crippen molar-refractivity contribution in [1.29, 1.82) is 0 Å². The number of carbonyl (C=O) groups excluding carboxylic acids is 2. The lowest BCUT2D eigenvalue weighted by Crippen LogP contribution is -2.38. The van der Waals surface area contributed by atoms with Gasteiger partial charge in [0, 0.05) is 38.3 Å². The first kappa shape index (κ1) is 29.4. The molecule has 1 unspecified atom stereocenters. The highest BCUT2D eigenvalue weighted by Crippen LogP contribution is 2.38. The Kier molecular flexibility index (Phi) is 8.16. The number of fused-ring (bicyclic) bond motifs is 1. The van der Waals surface area contributed by atoms with Gasteiger partial charge in [-0.2, -0.15) is 22.0 Å². The molecule has 1 saturated heterocycles. The Hall–Kier alpha value is -3.61. The number of aryl methyl sites for hydroxylation is 1. The number of nitrogens with zero attached hydrogens (tertiary/aromatic N) is 2. The first-order valence-electron chi connectivity index (χ1n) is 12.3. The summed E-state index contributed by atoms with van der Waals surface area (Å²) < 4.78 is 99.7. The van der Waals surface area contributed by atoms with Crippen molar-refractivity contribution < 1.29 is 45.1 Å². The van der Waals surface area contributed by atoms with Crippen molar-refractivity contribution in [2.45, 2.75) is 50.8 Å². The molecule has 2 aromatic carbocycles. The van der Waals surface area contributed by atoms with Gasteiger partial charge in [0.05, 0.1) is 11.1 Å². The second kappa shape index (κ2) is 11.1. The summed E-state index contributed by atoms with van der Waals surface area (Å²) >= 11 is 0. The molecule has 1 fully saturated rings. The molecule has 0 saturated carbocycles. The molecule has 40 heavy (non-hydrogen) atoms. The van der Waals surface area contributed by atoms with E-state index in [1.165, 1.54) is 23.1 Å². The van der Waals surface area contributed by atoms with Gasteiger partial charge in [-0.15, -0.1) is 0 Å². The van der Waals surface area contributed by atoms with Gasteiger partial charge in [0.2, 0.25) is 0 Å². The van der Waals surface area contributed by atoms with Crippen LogP contribution in [-0.2, 0) is 16.1 Å². The largest absolute Gasteiger partial charge is 0.471 e. The summed E-state index contributed by atoms with van der Waals surface area (Å²) in [5.74, 6) is -3.54. The van der Waals surface area contributed by atoms with Crippen molar-refractivity contribution >= 4 is 22.7 Å². The van der Waals surface area contributed by atoms with Crippen LogP contribution in [0.15, 0.2) is 42.6 Å². The average Bonchev–Trinajstić information content (AvgIpc) is 3.32. The van der Waals surface area contributed by atoms with E-state index >= 15 is 0 Å². The van der Waals surface area contributed by atoms with Crippen LogP contribution in [0.5, 0.6) is 0 Å². The van der Waals surface area contributed by atoms with Crippen LogP contribution < -0.4 is 5.32 Å². The number of likely N-dealkylation sites (tertiary alicyclic amines) is 1. The molecule has 4 rings (SSSR count). The van der Waals surface area contributed by atoms with Crippen molar-refractivity contribution in [3.63, 3.8) is 0 Å². The SMILES string of the molecule is COC(F)(F)C(F)n1cc(C(=O)N2CCC(c3cc(CNC(=O)C(F)(F)F)ccc3F)CC2)c2cccc(C)c21. The van der Waals surface area contributed by atoms with Gasteiger partial charge in [0.15, 0.2) is 0 Å². The third kappa shape index (κ3) is 5.79. The fourth-order valence-electron chi connectivity index (χ4n) is 4.96. The van der Waals surface area contributed by atoms with Crippen LogP contribution in [0.25, 0.3) is 10.9 Å². The number of halogens is 7. The maximum atomic E-state index is 14.9. The van der Waals surface area contributed by atoms with Crippen LogP contribution in [0.4, 0.5) is 30.7 Å². The Morgan fingerprint density at radius 2 is 1.77 bits per heavy atom. The maximum absolute atomic E-state index is 14.9. The van der Waals surface area contributed by atoms with E-state index in [4.69, 9.17) is 0 Å². The van der Waals surface area contributed by atoms with Gasteiger partial charge >= 0.3 is 18.2 Å². The van der Waals surface area contributed by atoms with Crippen LogP contribution in [0.3, 0.4) is 0 Å². The molecule has 1 atom stereocenters. The number of aromatic nitrogens is 1. The van der Waals surface area contributed by atoms with Crippen molar-refractivity contribution in [2.75, 3.05) is 20.2 Å². The zero-order chi connectivity index (χ0) is 29.4. The van der Waals surface area contributed by atoms with Crippen LogP contribution in [0.2, 0.25) is 0 Å². The molecule has 0 aliphatic carbocycles. The van der Waals surface area contributed by atoms with E-state index in [9.17, 15) is 40.3 Å². The van der Waals surface area contributed by atoms with Crippen molar-refractivity contribution in [3.8, 4) is 0 Å². The predicted molar refractivity (Wildman–Crippen MR) is 131 cm³/mol. The molecule has 1 aliphatic heterocycles. The molecule has 0 bridgehead atoms. The highest BCUT2D eigenvalue weighted by atomic mass is 19.4. The summed E-state index contributed by atoms with van der Waals surface area (Å²) in [5.41, 5.74) is 1.16. The molecule has 6 nitrogen and oxygen atoms in total. The van der Waals surface area contributed by atoms with Gasteiger partial charge < -0.3 is 19.5 Å². The number of benzene rings is 2. The molecule has 0 spiro atoms. The van der Waals surface area contributed by atoms with Crippen LogP contribution in [0.1, 0.15) is 52.1 Å². The number of carbonyl (C=O) groups is 2. The Morgan fingerprint density at radius 1 is 1.10 bits per heavy atom. The lowest BCUT2D eigenvalue weighted by atomic mass is 9.88. The van der Waals surface area contributed by atoms with Gasteiger partial charge in [0.1, 0.15) is 5.82 Å². The summed E-state index contributed by atoms with van der Waals surface area (Å²) in [5, 5.41) is 2.04. The lowest BCUT2D eigenvalue weighted by molar-refractivity contribution is -0.277. The highest BCUT2D eigenvalue weighted by Gasteiger charge is 2.43. The van der Waals surface area contributed by atoms with E-state index in [2.05, 4.69) is 4.74 Å². The van der Waals surface area contributed by atoms with E-state index in [1.807, 2.05) is 0 Å². The van der Waals surface area contributed by atoms with Crippen LogP contribution >= 0.6 is 0 Å². The molecule has 1 aromatic heterocycles. The average molecular weight is 574 g/mol. The van der Waals surface area contributed by atoms with Gasteiger partial charge in [-0.25, -0.2) is 8.78 Å². The number of ether oxygens (including phenoxy) is 1. The number of rotatable bonds is 7. The molecular weight excluding hydrogens is 547 g/mol. The minimum Gasteiger partial charge on any atom is -0.344 e. The highest BCUT2D eigenvalue weighted by molar-refractivity contribution is 6.07. The molecular formula is C27H26F7N3O3. The number of para-hydroxylation sites is 1. The molecule has 13 heteroatoms. The Bertz CT molecular complexity index is 1410. The third-order valence-corrected chi connectivity index (χ3v) is 7.07. The standard InChI is InChI=1S/C27H26F7N3O3/c1-15-4-3-5-18-20(14-37(22(15)18)24(29)27(33,34)40-2)23(38)36-10-8-17(9-11-36)19-12-16(6-7-21(19)28)13-35-25(39)26(30,31)32/h3-7,12,14,17,24H,8-11,13H2,1-2H3,(H,35,39). The number of methoxy groups -OCH3 is 1. The van der Waals surface area contributed by atoms with E-state index in [0.717, 1.165) is 12.3 Å².